The molecule has 1 N–H and O–H groups in total. The number of aliphatic hydroxyl groups excluding tert-OH is 1. The van der Waals surface area contributed by atoms with Crippen molar-refractivity contribution in [2.45, 2.75) is 38.7 Å². The first kappa shape index (κ1) is 7.80. The van der Waals surface area contributed by atoms with E-state index in [-0.39, 0.29) is 6.10 Å². The molecule has 0 saturated heterocycles. The van der Waals surface area contributed by atoms with Gasteiger partial charge in [0.15, 0.2) is 0 Å². The van der Waals surface area contributed by atoms with Crippen molar-refractivity contribution < 1.29 is 5.11 Å². The molecule has 0 aliphatic heterocycles. The van der Waals surface area contributed by atoms with Crippen LogP contribution < -0.4 is 0 Å². The van der Waals surface area contributed by atoms with Gasteiger partial charge in [-0.25, -0.2) is 0 Å². The standard InChI is InChI=1S/C9H16O/c1-3-7(2)6-8-4-5-9(8)10/h8-10H,2-6H2,1H3. The maximum absolute atomic E-state index is 9.21. The fraction of sp³-hybridized carbons (Fsp3) is 0.778. The molecule has 2 atom stereocenters. The maximum Gasteiger partial charge on any atom is 0.0571 e. The van der Waals surface area contributed by atoms with Crippen LogP contribution in [0, 0.1) is 5.92 Å². The van der Waals surface area contributed by atoms with Gasteiger partial charge in [0.2, 0.25) is 0 Å². The van der Waals surface area contributed by atoms with Crippen LogP contribution in [-0.4, -0.2) is 11.2 Å². The van der Waals surface area contributed by atoms with Gasteiger partial charge in [-0.1, -0.05) is 19.1 Å². The number of hydrogen-bond acceptors (Lipinski definition) is 1. The molecule has 2 unspecified atom stereocenters. The van der Waals surface area contributed by atoms with Crippen LogP contribution in [0.15, 0.2) is 12.2 Å². The van der Waals surface area contributed by atoms with E-state index in [0.717, 1.165) is 19.3 Å². The lowest BCUT2D eigenvalue weighted by atomic mass is 9.78. The SMILES string of the molecule is C=C(CC)CC1CCC1O. The van der Waals surface area contributed by atoms with Gasteiger partial charge < -0.3 is 5.11 Å². The molecule has 0 heterocycles. The van der Waals surface area contributed by atoms with E-state index in [1.807, 2.05) is 0 Å². The van der Waals surface area contributed by atoms with E-state index in [2.05, 4.69) is 13.5 Å². The number of rotatable bonds is 3. The zero-order valence-electron chi connectivity index (χ0n) is 6.64. The van der Waals surface area contributed by atoms with E-state index >= 15 is 0 Å². The third kappa shape index (κ3) is 1.60. The van der Waals surface area contributed by atoms with E-state index in [4.69, 9.17) is 0 Å². The Labute approximate surface area is 62.8 Å². The van der Waals surface area contributed by atoms with Gasteiger partial charge in [0.05, 0.1) is 6.10 Å². The number of allylic oxidation sites excluding steroid dienone is 1. The molecule has 0 radical (unpaired) electrons. The molecule has 0 amide bonds. The predicted octanol–water partition coefficient (Wildman–Crippen LogP) is 2.11. The Morgan fingerprint density at radius 1 is 1.60 bits per heavy atom. The van der Waals surface area contributed by atoms with Gasteiger partial charge in [0.25, 0.3) is 0 Å². The first-order chi connectivity index (χ1) is 4.74. The van der Waals surface area contributed by atoms with Gasteiger partial charge in [-0.15, -0.1) is 0 Å². The summed E-state index contributed by atoms with van der Waals surface area (Å²) in [5.41, 5.74) is 1.28. The fourth-order valence-electron chi connectivity index (χ4n) is 1.30. The molecule has 1 rings (SSSR count). The minimum absolute atomic E-state index is 0.0247. The molecule has 10 heavy (non-hydrogen) atoms. The zero-order valence-corrected chi connectivity index (χ0v) is 6.64. The van der Waals surface area contributed by atoms with Gasteiger partial charge in [-0.05, 0) is 31.6 Å². The van der Waals surface area contributed by atoms with Gasteiger partial charge in [-0.3, -0.25) is 0 Å². The average molecular weight is 140 g/mol. The Bertz CT molecular complexity index is 129. The summed E-state index contributed by atoms with van der Waals surface area (Å²) in [6.45, 7) is 6.04. The summed E-state index contributed by atoms with van der Waals surface area (Å²) in [7, 11) is 0. The molecule has 1 nitrogen and oxygen atoms in total. The normalized spacial score (nSPS) is 31.4. The summed E-state index contributed by atoms with van der Waals surface area (Å²) in [6, 6.07) is 0. The maximum atomic E-state index is 9.21. The second kappa shape index (κ2) is 3.20. The first-order valence-corrected chi connectivity index (χ1v) is 4.08. The van der Waals surface area contributed by atoms with E-state index in [0.29, 0.717) is 5.92 Å². The van der Waals surface area contributed by atoms with Gasteiger partial charge >= 0.3 is 0 Å². The van der Waals surface area contributed by atoms with E-state index in [1.54, 1.807) is 0 Å². The highest BCUT2D eigenvalue weighted by molar-refractivity contribution is 4.98. The highest BCUT2D eigenvalue weighted by Gasteiger charge is 2.28. The summed E-state index contributed by atoms with van der Waals surface area (Å²) < 4.78 is 0. The van der Waals surface area contributed by atoms with Gasteiger partial charge in [0.1, 0.15) is 0 Å². The molecule has 1 saturated carbocycles. The third-order valence-electron chi connectivity index (χ3n) is 2.43. The van der Waals surface area contributed by atoms with Crippen molar-refractivity contribution in [2.24, 2.45) is 5.92 Å². The predicted molar refractivity (Wildman–Crippen MR) is 42.8 cm³/mol. The van der Waals surface area contributed by atoms with Crippen LogP contribution in [0.1, 0.15) is 32.6 Å². The van der Waals surface area contributed by atoms with Crippen LogP contribution in [0.5, 0.6) is 0 Å². The monoisotopic (exact) mass is 140 g/mol. The minimum Gasteiger partial charge on any atom is -0.393 e. The van der Waals surface area contributed by atoms with Crippen LogP contribution in [-0.2, 0) is 0 Å². The Hall–Kier alpha value is -0.300. The summed E-state index contributed by atoms with van der Waals surface area (Å²) in [5.74, 6) is 0.535. The van der Waals surface area contributed by atoms with Crippen molar-refractivity contribution >= 4 is 0 Å². The lowest BCUT2D eigenvalue weighted by Crippen LogP contribution is -2.31. The van der Waals surface area contributed by atoms with Crippen LogP contribution in [0.25, 0.3) is 0 Å². The Morgan fingerprint density at radius 2 is 2.30 bits per heavy atom. The Kier molecular flexibility index (Phi) is 2.50. The quantitative estimate of drug-likeness (QED) is 0.595. The largest absolute Gasteiger partial charge is 0.393 e. The molecule has 0 spiro atoms. The van der Waals surface area contributed by atoms with Crippen molar-refractivity contribution in [3.8, 4) is 0 Å². The highest BCUT2D eigenvalue weighted by atomic mass is 16.3. The van der Waals surface area contributed by atoms with Crippen LogP contribution in [0.3, 0.4) is 0 Å². The van der Waals surface area contributed by atoms with E-state index < -0.39 is 0 Å². The van der Waals surface area contributed by atoms with Crippen molar-refractivity contribution in [3.63, 3.8) is 0 Å². The average Bonchev–Trinajstić information content (AvgIpc) is 1.96. The molecule has 1 heteroatoms. The molecule has 1 aliphatic carbocycles. The highest BCUT2D eigenvalue weighted by Crippen LogP contribution is 2.32. The van der Waals surface area contributed by atoms with Crippen molar-refractivity contribution in [2.75, 3.05) is 0 Å². The second-order valence-electron chi connectivity index (χ2n) is 3.21. The zero-order chi connectivity index (χ0) is 7.56. The van der Waals surface area contributed by atoms with Gasteiger partial charge in [0, 0.05) is 0 Å². The number of aliphatic hydroxyl groups is 1. The molecule has 1 fully saturated rings. The molecule has 0 aromatic rings. The first-order valence-electron chi connectivity index (χ1n) is 4.08. The van der Waals surface area contributed by atoms with E-state index in [9.17, 15) is 5.11 Å². The van der Waals surface area contributed by atoms with Crippen molar-refractivity contribution in [1.82, 2.24) is 0 Å². The third-order valence-corrected chi connectivity index (χ3v) is 2.43. The Morgan fingerprint density at radius 3 is 2.60 bits per heavy atom. The summed E-state index contributed by atoms with van der Waals surface area (Å²) in [6.07, 6.45) is 4.27. The van der Waals surface area contributed by atoms with E-state index in [1.165, 1.54) is 12.0 Å². The van der Waals surface area contributed by atoms with Crippen LogP contribution in [0.4, 0.5) is 0 Å². The fourth-order valence-corrected chi connectivity index (χ4v) is 1.30. The molecule has 0 aromatic carbocycles. The minimum atomic E-state index is -0.0247. The number of hydrogen-bond donors (Lipinski definition) is 1. The lowest BCUT2D eigenvalue weighted by Gasteiger charge is -2.32. The summed E-state index contributed by atoms with van der Waals surface area (Å²) in [5, 5.41) is 9.21. The van der Waals surface area contributed by atoms with Gasteiger partial charge in [-0.2, -0.15) is 0 Å². The van der Waals surface area contributed by atoms with Crippen LogP contribution >= 0.6 is 0 Å². The molecule has 1 aliphatic rings. The summed E-state index contributed by atoms with van der Waals surface area (Å²) in [4.78, 5) is 0. The molecular weight excluding hydrogens is 124 g/mol. The van der Waals surface area contributed by atoms with Crippen molar-refractivity contribution in [3.05, 3.63) is 12.2 Å². The van der Waals surface area contributed by atoms with Crippen LogP contribution in [0.2, 0.25) is 0 Å². The Balaban J connectivity index is 2.19. The topological polar surface area (TPSA) is 20.2 Å². The molecule has 0 aromatic heterocycles. The second-order valence-corrected chi connectivity index (χ2v) is 3.21. The lowest BCUT2D eigenvalue weighted by molar-refractivity contribution is 0.0242. The molecule has 0 bridgehead atoms. The van der Waals surface area contributed by atoms with Crippen molar-refractivity contribution in [1.29, 1.82) is 0 Å². The summed E-state index contributed by atoms with van der Waals surface area (Å²) >= 11 is 0. The molecular formula is C9H16O. The smallest absolute Gasteiger partial charge is 0.0571 e. The molecule has 58 valence electrons.